The van der Waals surface area contributed by atoms with Crippen molar-refractivity contribution >= 4 is 11.7 Å². The highest BCUT2D eigenvalue weighted by molar-refractivity contribution is 5.99. The summed E-state index contributed by atoms with van der Waals surface area (Å²) in [6, 6.07) is 14.1. The molecule has 2 heterocycles. The summed E-state index contributed by atoms with van der Waals surface area (Å²) in [6.45, 7) is 5.46. The zero-order valence-electron chi connectivity index (χ0n) is 14.3. The van der Waals surface area contributed by atoms with Gasteiger partial charge in [0.05, 0.1) is 5.56 Å². The van der Waals surface area contributed by atoms with Crippen LogP contribution in [0.5, 0.6) is 0 Å². The molecule has 0 radical (unpaired) electrons. The molecule has 0 spiro atoms. The summed E-state index contributed by atoms with van der Waals surface area (Å²) in [4.78, 5) is 21.7. The van der Waals surface area contributed by atoms with Crippen molar-refractivity contribution in [1.29, 1.82) is 0 Å². The molecule has 1 aliphatic rings. The second-order valence-corrected chi connectivity index (χ2v) is 6.19. The molecule has 1 amide bonds. The number of hydrogen-bond donors (Lipinski definition) is 0. The number of amides is 1. The van der Waals surface area contributed by atoms with Crippen LogP contribution in [0.15, 0.2) is 48.7 Å². The van der Waals surface area contributed by atoms with Gasteiger partial charge in [-0.1, -0.05) is 30.3 Å². The molecule has 0 bridgehead atoms. The fraction of sp³-hybridized carbons (Fsp3) is 0.400. The monoisotopic (exact) mass is 323 g/mol. The molecule has 0 atom stereocenters. The summed E-state index contributed by atoms with van der Waals surface area (Å²) in [5.41, 5.74) is 1.99. The molecule has 1 aliphatic heterocycles. The van der Waals surface area contributed by atoms with Crippen molar-refractivity contribution in [1.82, 2.24) is 9.88 Å². The Hall–Kier alpha value is -2.36. The Bertz CT molecular complexity index is 666. The van der Waals surface area contributed by atoms with Gasteiger partial charge in [0, 0.05) is 32.4 Å². The van der Waals surface area contributed by atoms with Crippen molar-refractivity contribution in [3.63, 3.8) is 0 Å². The minimum absolute atomic E-state index is 0.0865. The van der Waals surface area contributed by atoms with Crippen molar-refractivity contribution in [3.8, 4) is 0 Å². The van der Waals surface area contributed by atoms with Crippen LogP contribution in [-0.2, 0) is 6.42 Å². The molecule has 1 saturated heterocycles. The first kappa shape index (κ1) is 16.5. The van der Waals surface area contributed by atoms with Gasteiger partial charge in [-0.2, -0.15) is 0 Å². The highest BCUT2D eigenvalue weighted by atomic mass is 16.2. The minimum atomic E-state index is 0.0865. The average Bonchev–Trinajstić information content (AvgIpc) is 3.17. The van der Waals surface area contributed by atoms with Crippen LogP contribution in [0, 0.1) is 0 Å². The van der Waals surface area contributed by atoms with E-state index in [9.17, 15) is 4.79 Å². The maximum Gasteiger partial charge on any atom is 0.257 e. The van der Waals surface area contributed by atoms with E-state index in [1.54, 1.807) is 6.20 Å². The van der Waals surface area contributed by atoms with Crippen LogP contribution >= 0.6 is 0 Å². The fourth-order valence-corrected chi connectivity index (χ4v) is 3.23. The lowest BCUT2D eigenvalue weighted by molar-refractivity contribution is 0.0766. The number of carbonyl (C=O) groups is 1. The van der Waals surface area contributed by atoms with Gasteiger partial charge in [-0.15, -0.1) is 0 Å². The molecule has 0 saturated carbocycles. The Kier molecular flexibility index (Phi) is 5.47. The van der Waals surface area contributed by atoms with E-state index in [0.717, 1.165) is 37.4 Å². The fourth-order valence-electron chi connectivity index (χ4n) is 3.23. The predicted octanol–water partition coefficient (Wildman–Crippen LogP) is 3.39. The Morgan fingerprint density at radius 2 is 1.88 bits per heavy atom. The number of pyridine rings is 1. The van der Waals surface area contributed by atoms with Gasteiger partial charge < -0.3 is 9.80 Å². The Morgan fingerprint density at radius 3 is 2.58 bits per heavy atom. The van der Waals surface area contributed by atoms with Gasteiger partial charge >= 0.3 is 0 Å². The van der Waals surface area contributed by atoms with Gasteiger partial charge in [0.25, 0.3) is 5.91 Å². The van der Waals surface area contributed by atoms with Crippen molar-refractivity contribution < 1.29 is 4.79 Å². The number of nitrogens with zero attached hydrogens (tertiary/aromatic N) is 3. The molecular formula is C20H25N3O. The van der Waals surface area contributed by atoms with E-state index in [0.29, 0.717) is 6.54 Å². The van der Waals surface area contributed by atoms with E-state index in [4.69, 9.17) is 0 Å². The molecule has 24 heavy (non-hydrogen) atoms. The minimum Gasteiger partial charge on any atom is -0.356 e. The van der Waals surface area contributed by atoms with Crippen LogP contribution in [0.4, 0.5) is 5.82 Å². The van der Waals surface area contributed by atoms with Gasteiger partial charge in [0.15, 0.2) is 0 Å². The number of rotatable bonds is 6. The van der Waals surface area contributed by atoms with Gasteiger partial charge in [0.2, 0.25) is 0 Å². The summed E-state index contributed by atoms with van der Waals surface area (Å²) < 4.78 is 0. The number of likely N-dealkylation sites (N-methyl/N-ethyl adjacent to an activating group) is 1. The molecule has 0 unspecified atom stereocenters. The van der Waals surface area contributed by atoms with Crippen LogP contribution < -0.4 is 4.90 Å². The van der Waals surface area contributed by atoms with Crippen molar-refractivity contribution in [3.05, 3.63) is 59.8 Å². The van der Waals surface area contributed by atoms with Crippen molar-refractivity contribution in [2.24, 2.45) is 0 Å². The molecule has 126 valence electrons. The van der Waals surface area contributed by atoms with Crippen molar-refractivity contribution in [2.75, 3.05) is 31.1 Å². The molecule has 4 nitrogen and oxygen atoms in total. The Balaban J connectivity index is 1.74. The third kappa shape index (κ3) is 3.75. The second-order valence-electron chi connectivity index (χ2n) is 6.19. The third-order valence-corrected chi connectivity index (χ3v) is 4.60. The normalized spacial score (nSPS) is 14.0. The van der Waals surface area contributed by atoms with Crippen LogP contribution in [-0.4, -0.2) is 42.0 Å². The number of aromatic nitrogens is 1. The topological polar surface area (TPSA) is 36.4 Å². The molecule has 0 aliphatic carbocycles. The molecule has 4 heteroatoms. The number of hydrogen-bond acceptors (Lipinski definition) is 3. The summed E-state index contributed by atoms with van der Waals surface area (Å²) in [6.07, 6.45) is 5.01. The standard InChI is InChI=1S/C20H25N3O/c1-2-22(16-12-17-9-4-3-5-10-17)20(24)18-11-8-13-21-19(18)23-14-6-7-15-23/h3-5,8-11,13H,2,6-7,12,14-16H2,1H3. The summed E-state index contributed by atoms with van der Waals surface area (Å²) in [7, 11) is 0. The molecule has 0 N–H and O–H groups in total. The van der Waals surface area contributed by atoms with E-state index in [-0.39, 0.29) is 5.91 Å². The molecule has 1 aromatic heterocycles. The molecule has 2 aromatic rings. The van der Waals surface area contributed by atoms with Crippen LogP contribution in [0.1, 0.15) is 35.7 Å². The Labute approximate surface area is 144 Å². The number of carbonyl (C=O) groups excluding carboxylic acids is 1. The highest BCUT2D eigenvalue weighted by Crippen LogP contribution is 2.23. The van der Waals surface area contributed by atoms with Gasteiger partial charge in [-0.25, -0.2) is 4.98 Å². The SMILES string of the molecule is CCN(CCc1ccccc1)C(=O)c1cccnc1N1CCCC1. The van der Waals surface area contributed by atoms with E-state index in [2.05, 4.69) is 22.0 Å². The first-order valence-electron chi connectivity index (χ1n) is 8.82. The maximum absolute atomic E-state index is 13.0. The molecule has 1 fully saturated rings. The quantitative estimate of drug-likeness (QED) is 0.817. The zero-order chi connectivity index (χ0) is 16.8. The summed E-state index contributed by atoms with van der Waals surface area (Å²) in [5, 5.41) is 0. The van der Waals surface area contributed by atoms with E-state index in [1.807, 2.05) is 42.2 Å². The van der Waals surface area contributed by atoms with Crippen LogP contribution in [0.25, 0.3) is 0 Å². The Morgan fingerprint density at radius 1 is 1.12 bits per heavy atom. The van der Waals surface area contributed by atoms with Crippen molar-refractivity contribution in [2.45, 2.75) is 26.2 Å². The van der Waals surface area contributed by atoms with Crippen LogP contribution in [0.3, 0.4) is 0 Å². The van der Waals surface area contributed by atoms with E-state index < -0.39 is 0 Å². The predicted molar refractivity (Wildman–Crippen MR) is 97.4 cm³/mol. The summed E-state index contributed by atoms with van der Waals surface area (Å²) >= 11 is 0. The zero-order valence-corrected chi connectivity index (χ0v) is 14.3. The van der Waals surface area contributed by atoms with E-state index >= 15 is 0 Å². The molecule has 1 aromatic carbocycles. The third-order valence-electron chi connectivity index (χ3n) is 4.60. The smallest absolute Gasteiger partial charge is 0.257 e. The van der Waals surface area contributed by atoms with Gasteiger partial charge in [-0.05, 0) is 43.9 Å². The first-order chi connectivity index (χ1) is 11.8. The van der Waals surface area contributed by atoms with E-state index in [1.165, 1.54) is 18.4 Å². The first-order valence-corrected chi connectivity index (χ1v) is 8.82. The average molecular weight is 323 g/mol. The van der Waals surface area contributed by atoms with Gasteiger partial charge in [0.1, 0.15) is 5.82 Å². The summed E-state index contributed by atoms with van der Waals surface area (Å²) in [5.74, 6) is 0.932. The number of benzene rings is 1. The second kappa shape index (κ2) is 7.95. The highest BCUT2D eigenvalue weighted by Gasteiger charge is 2.23. The maximum atomic E-state index is 13.0. The molecular weight excluding hydrogens is 298 g/mol. The van der Waals surface area contributed by atoms with Crippen LogP contribution in [0.2, 0.25) is 0 Å². The lowest BCUT2D eigenvalue weighted by atomic mass is 10.1. The molecule has 3 rings (SSSR count). The lowest BCUT2D eigenvalue weighted by Crippen LogP contribution is -2.34. The van der Waals surface area contributed by atoms with Gasteiger partial charge in [-0.3, -0.25) is 4.79 Å². The largest absolute Gasteiger partial charge is 0.356 e. The lowest BCUT2D eigenvalue weighted by Gasteiger charge is -2.25. The number of anilines is 1.